The van der Waals surface area contributed by atoms with Gasteiger partial charge in [-0.3, -0.25) is 4.98 Å². The Morgan fingerprint density at radius 1 is 0.829 bits per heavy atom. The molecule has 0 spiro atoms. The number of fused-ring (bicyclic) bond motifs is 3. The molecule has 5 aromatic rings. The van der Waals surface area contributed by atoms with Crippen LogP contribution in [0.25, 0.3) is 33.4 Å². The van der Waals surface area contributed by atoms with Gasteiger partial charge < -0.3 is 14.4 Å². The van der Waals surface area contributed by atoms with E-state index in [0.29, 0.717) is 5.82 Å². The van der Waals surface area contributed by atoms with Crippen molar-refractivity contribution >= 4 is 34.0 Å². The lowest BCUT2D eigenvalue weighted by Gasteiger charge is -2.21. The summed E-state index contributed by atoms with van der Waals surface area (Å²) < 4.78 is 11.1. The molecule has 0 aliphatic carbocycles. The summed E-state index contributed by atoms with van der Waals surface area (Å²) in [5, 5.41) is 1.73. The van der Waals surface area contributed by atoms with Crippen molar-refractivity contribution in [3.8, 4) is 34.0 Å². The highest BCUT2D eigenvalue weighted by Crippen LogP contribution is 2.41. The molecule has 2 aliphatic rings. The lowest BCUT2D eigenvalue weighted by atomic mass is 10.0. The molecule has 4 heterocycles. The molecule has 0 saturated heterocycles. The van der Waals surface area contributed by atoms with Gasteiger partial charge >= 0.3 is 0 Å². The summed E-state index contributed by atoms with van der Waals surface area (Å²) >= 11 is 6.28. The average Bonchev–Trinajstić information content (AvgIpc) is 3.54. The van der Waals surface area contributed by atoms with E-state index in [4.69, 9.17) is 31.0 Å². The van der Waals surface area contributed by atoms with Gasteiger partial charge in [-0.1, -0.05) is 23.7 Å². The highest BCUT2D eigenvalue weighted by atomic mass is 35.5. The summed E-state index contributed by atoms with van der Waals surface area (Å²) in [6, 6.07) is 22.2. The minimum atomic E-state index is 0.254. The monoisotopic (exact) mass is 478 g/mol. The van der Waals surface area contributed by atoms with E-state index in [1.807, 2.05) is 42.5 Å². The molecule has 7 rings (SSSR count). The minimum Gasteiger partial charge on any atom is -0.454 e. The molecule has 2 aliphatic heterocycles. The summed E-state index contributed by atoms with van der Waals surface area (Å²) in [7, 11) is 0. The van der Waals surface area contributed by atoms with Crippen LogP contribution in [0.4, 0.5) is 11.5 Å². The molecule has 0 N–H and O–H groups in total. The topological polar surface area (TPSA) is 60.4 Å². The molecule has 7 heteroatoms. The highest BCUT2D eigenvalue weighted by Gasteiger charge is 2.25. The van der Waals surface area contributed by atoms with Crippen LogP contribution in [-0.4, -0.2) is 28.3 Å². The second-order valence-corrected chi connectivity index (χ2v) is 9.02. The summed E-state index contributed by atoms with van der Waals surface area (Å²) in [4.78, 5) is 16.5. The summed E-state index contributed by atoms with van der Waals surface area (Å²) in [6.45, 7) is 1.08. The van der Waals surface area contributed by atoms with Crippen LogP contribution >= 0.6 is 11.6 Å². The molecule has 0 radical (unpaired) electrons. The first-order valence-corrected chi connectivity index (χ1v) is 11.8. The number of ether oxygens (including phenoxy) is 2. The summed E-state index contributed by atoms with van der Waals surface area (Å²) in [5.41, 5.74) is 6.21. The maximum Gasteiger partial charge on any atom is 0.231 e. The third kappa shape index (κ3) is 3.45. The van der Waals surface area contributed by atoms with Crippen molar-refractivity contribution in [3.05, 3.63) is 89.7 Å². The van der Waals surface area contributed by atoms with Crippen LogP contribution in [0.1, 0.15) is 5.56 Å². The van der Waals surface area contributed by atoms with Gasteiger partial charge in [0, 0.05) is 40.6 Å². The van der Waals surface area contributed by atoms with Crippen molar-refractivity contribution in [2.75, 3.05) is 18.2 Å². The molecule has 170 valence electrons. The van der Waals surface area contributed by atoms with Crippen molar-refractivity contribution < 1.29 is 9.47 Å². The molecule has 0 fully saturated rings. The van der Waals surface area contributed by atoms with E-state index in [9.17, 15) is 0 Å². The molecule has 0 amide bonds. The molecule has 6 nitrogen and oxygen atoms in total. The number of hydrogen-bond acceptors (Lipinski definition) is 6. The van der Waals surface area contributed by atoms with Gasteiger partial charge in [0.2, 0.25) is 6.79 Å². The van der Waals surface area contributed by atoms with Crippen LogP contribution in [0.2, 0.25) is 5.02 Å². The van der Waals surface area contributed by atoms with E-state index in [0.717, 1.165) is 68.6 Å². The predicted molar refractivity (Wildman–Crippen MR) is 136 cm³/mol. The Balaban J connectivity index is 1.43. The van der Waals surface area contributed by atoms with Gasteiger partial charge in [0.05, 0.1) is 5.52 Å². The van der Waals surface area contributed by atoms with Crippen LogP contribution in [0, 0.1) is 0 Å². The largest absolute Gasteiger partial charge is 0.454 e. The van der Waals surface area contributed by atoms with Gasteiger partial charge in [-0.05, 0) is 77.7 Å². The Labute approximate surface area is 206 Å². The van der Waals surface area contributed by atoms with E-state index in [1.54, 1.807) is 12.4 Å². The number of nitrogens with zero attached hydrogens (tertiary/aromatic N) is 4. The predicted octanol–water partition coefficient (Wildman–Crippen LogP) is 6.44. The average molecular weight is 479 g/mol. The normalized spacial score (nSPS) is 13.9. The molecule has 3 aromatic carbocycles. The van der Waals surface area contributed by atoms with Gasteiger partial charge in [0.15, 0.2) is 17.3 Å². The zero-order valence-corrected chi connectivity index (χ0v) is 19.4. The molecule has 35 heavy (non-hydrogen) atoms. The van der Waals surface area contributed by atoms with Crippen molar-refractivity contribution in [2.45, 2.75) is 6.42 Å². The lowest BCUT2D eigenvalue weighted by Crippen LogP contribution is -2.16. The van der Waals surface area contributed by atoms with Crippen molar-refractivity contribution in [1.82, 2.24) is 15.0 Å². The Bertz CT molecular complexity index is 1610. The van der Waals surface area contributed by atoms with Gasteiger partial charge in [0.25, 0.3) is 0 Å². The zero-order valence-electron chi connectivity index (χ0n) is 18.6. The third-order valence-electron chi connectivity index (χ3n) is 6.49. The summed E-state index contributed by atoms with van der Waals surface area (Å²) in [5.74, 6) is 3.06. The first kappa shape index (κ1) is 20.2. The Hall–Kier alpha value is -4.16. The van der Waals surface area contributed by atoms with Gasteiger partial charge in [-0.15, -0.1) is 0 Å². The number of halogens is 1. The molecule has 0 saturated carbocycles. The van der Waals surface area contributed by atoms with E-state index < -0.39 is 0 Å². The number of aromatic nitrogens is 3. The van der Waals surface area contributed by atoms with Crippen LogP contribution in [0.3, 0.4) is 0 Å². The van der Waals surface area contributed by atoms with E-state index in [-0.39, 0.29) is 6.79 Å². The molecule has 2 aromatic heterocycles. The summed E-state index contributed by atoms with van der Waals surface area (Å²) in [6.07, 6.45) is 4.46. The minimum absolute atomic E-state index is 0.254. The first-order valence-electron chi connectivity index (χ1n) is 11.4. The molecule has 0 bridgehead atoms. The zero-order chi connectivity index (χ0) is 23.4. The van der Waals surface area contributed by atoms with Gasteiger partial charge in [-0.2, -0.15) is 0 Å². The molecular weight excluding hydrogens is 460 g/mol. The SMILES string of the molecule is Clc1ccc2c(c1)CCN2c1nc(-c2cccnc2)nc2ccc(-c3ccc4c(c3)OCO4)cc12. The molecule has 0 unspecified atom stereocenters. The van der Waals surface area contributed by atoms with Crippen LogP contribution in [0.15, 0.2) is 79.1 Å². The third-order valence-corrected chi connectivity index (χ3v) is 6.73. The van der Waals surface area contributed by atoms with Crippen molar-refractivity contribution in [3.63, 3.8) is 0 Å². The maximum absolute atomic E-state index is 6.28. The van der Waals surface area contributed by atoms with Crippen LogP contribution in [0.5, 0.6) is 11.5 Å². The van der Waals surface area contributed by atoms with E-state index >= 15 is 0 Å². The highest BCUT2D eigenvalue weighted by molar-refractivity contribution is 6.30. The number of rotatable bonds is 3. The number of anilines is 2. The Morgan fingerprint density at radius 3 is 2.63 bits per heavy atom. The number of pyridine rings is 1. The lowest BCUT2D eigenvalue weighted by molar-refractivity contribution is 0.174. The molecule has 0 atom stereocenters. The van der Waals surface area contributed by atoms with Crippen LogP contribution < -0.4 is 14.4 Å². The van der Waals surface area contributed by atoms with E-state index in [1.165, 1.54) is 5.56 Å². The van der Waals surface area contributed by atoms with Crippen molar-refractivity contribution in [1.29, 1.82) is 0 Å². The fourth-order valence-electron chi connectivity index (χ4n) is 4.79. The standard InChI is InChI=1S/C28H19ClN4O2/c29-21-5-7-24-19(12-21)9-11-33(24)28-22-13-17(18-4-8-25-26(14-18)35-16-34-25)3-6-23(22)31-27(32-28)20-2-1-10-30-15-20/h1-8,10,12-15H,9,11,16H2. The van der Waals surface area contributed by atoms with E-state index in [2.05, 4.69) is 34.1 Å². The quantitative estimate of drug-likeness (QED) is 0.297. The van der Waals surface area contributed by atoms with Crippen LogP contribution in [-0.2, 0) is 6.42 Å². The number of hydrogen-bond donors (Lipinski definition) is 0. The fourth-order valence-corrected chi connectivity index (χ4v) is 4.98. The van der Waals surface area contributed by atoms with Crippen molar-refractivity contribution in [2.24, 2.45) is 0 Å². The first-order chi connectivity index (χ1) is 17.2. The number of benzene rings is 3. The Kier molecular flexibility index (Phi) is 4.60. The second kappa shape index (κ2) is 7.96. The Morgan fingerprint density at radius 2 is 1.71 bits per heavy atom. The molecular formula is C28H19ClN4O2. The second-order valence-electron chi connectivity index (χ2n) is 8.59. The fraction of sp³-hybridized carbons (Fsp3) is 0.107. The smallest absolute Gasteiger partial charge is 0.231 e. The van der Waals surface area contributed by atoms with Gasteiger partial charge in [0.1, 0.15) is 5.82 Å². The van der Waals surface area contributed by atoms with Gasteiger partial charge in [-0.25, -0.2) is 9.97 Å². The maximum atomic E-state index is 6.28.